The van der Waals surface area contributed by atoms with Gasteiger partial charge in [-0.1, -0.05) is 30.3 Å². The van der Waals surface area contributed by atoms with Crippen LogP contribution in [0.15, 0.2) is 60.8 Å². The molecule has 1 unspecified atom stereocenters. The Labute approximate surface area is 163 Å². The number of ether oxygens (including phenoxy) is 2. The fourth-order valence-corrected chi connectivity index (χ4v) is 2.66. The van der Waals surface area contributed by atoms with Gasteiger partial charge in [0, 0.05) is 12.3 Å². The molecule has 0 radical (unpaired) electrons. The van der Waals surface area contributed by atoms with Crippen molar-refractivity contribution in [2.45, 2.75) is 13.0 Å². The van der Waals surface area contributed by atoms with Crippen LogP contribution < -0.4 is 20.1 Å². The van der Waals surface area contributed by atoms with E-state index in [1.54, 1.807) is 38.5 Å². The molecule has 2 N–H and O–H groups in total. The molecule has 28 heavy (non-hydrogen) atoms. The summed E-state index contributed by atoms with van der Waals surface area (Å²) in [6.07, 6.45) is 1.54. The molecule has 0 saturated carbocycles. The molecule has 1 aromatic heterocycles. The predicted molar refractivity (Wildman–Crippen MR) is 107 cm³/mol. The minimum Gasteiger partial charge on any atom is -0.497 e. The van der Waals surface area contributed by atoms with Crippen molar-refractivity contribution >= 4 is 17.5 Å². The summed E-state index contributed by atoms with van der Waals surface area (Å²) in [5, 5.41) is 6.02. The second-order valence-electron chi connectivity index (χ2n) is 6.06. The average molecular weight is 378 g/mol. The van der Waals surface area contributed by atoms with Crippen LogP contribution in [0, 0.1) is 0 Å². The number of hydrogen-bond acceptors (Lipinski definition) is 6. The van der Waals surface area contributed by atoms with Crippen LogP contribution in [0.4, 0.5) is 11.6 Å². The number of carbonyl (C=O) groups excluding carboxylic acids is 1. The SMILES string of the molecule is COc1ccc(Nc2nccc(C(=O)NC(C)c3ccccc3)n2)c(OC)c1. The molecule has 0 aliphatic heterocycles. The fourth-order valence-electron chi connectivity index (χ4n) is 2.66. The lowest BCUT2D eigenvalue weighted by Crippen LogP contribution is -2.27. The summed E-state index contributed by atoms with van der Waals surface area (Å²) in [7, 11) is 3.15. The van der Waals surface area contributed by atoms with Gasteiger partial charge in [-0.15, -0.1) is 0 Å². The van der Waals surface area contributed by atoms with E-state index in [-0.39, 0.29) is 17.6 Å². The van der Waals surface area contributed by atoms with Crippen molar-refractivity contribution in [3.8, 4) is 11.5 Å². The number of anilines is 2. The van der Waals surface area contributed by atoms with Gasteiger partial charge < -0.3 is 20.1 Å². The molecule has 2 aromatic carbocycles. The second-order valence-corrected chi connectivity index (χ2v) is 6.06. The van der Waals surface area contributed by atoms with Crippen molar-refractivity contribution in [2.24, 2.45) is 0 Å². The van der Waals surface area contributed by atoms with E-state index in [9.17, 15) is 4.79 Å². The van der Waals surface area contributed by atoms with E-state index < -0.39 is 0 Å². The zero-order valence-electron chi connectivity index (χ0n) is 16.0. The van der Waals surface area contributed by atoms with Gasteiger partial charge >= 0.3 is 0 Å². The first-order chi connectivity index (χ1) is 13.6. The number of amides is 1. The van der Waals surface area contributed by atoms with Gasteiger partial charge in [0.2, 0.25) is 5.95 Å². The molecule has 144 valence electrons. The molecule has 0 spiro atoms. The first kappa shape index (κ1) is 19.2. The standard InChI is InChI=1S/C21H22N4O3/c1-14(15-7-5-4-6-8-15)23-20(26)18-11-12-22-21(25-18)24-17-10-9-16(27-2)13-19(17)28-3/h4-14H,1-3H3,(H,23,26)(H,22,24,25). The third-order valence-corrected chi connectivity index (χ3v) is 4.19. The average Bonchev–Trinajstić information content (AvgIpc) is 2.74. The molecular formula is C21H22N4O3. The highest BCUT2D eigenvalue weighted by molar-refractivity contribution is 5.92. The van der Waals surface area contributed by atoms with Crippen LogP contribution in [0.25, 0.3) is 0 Å². The number of benzene rings is 2. The summed E-state index contributed by atoms with van der Waals surface area (Å²) in [6.45, 7) is 1.93. The summed E-state index contributed by atoms with van der Waals surface area (Å²) in [5.74, 6) is 1.27. The number of rotatable bonds is 7. The number of nitrogens with zero attached hydrogens (tertiary/aromatic N) is 2. The summed E-state index contributed by atoms with van der Waals surface area (Å²) in [4.78, 5) is 21.1. The molecular weight excluding hydrogens is 356 g/mol. The van der Waals surface area contributed by atoms with E-state index in [1.165, 1.54) is 6.20 Å². The van der Waals surface area contributed by atoms with Gasteiger partial charge in [-0.05, 0) is 30.7 Å². The quantitative estimate of drug-likeness (QED) is 0.652. The Morgan fingerprint density at radius 1 is 1.04 bits per heavy atom. The lowest BCUT2D eigenvalue weighted by molar-refractivity contribution is 0.0935. The van der Waals surface area contributed by atoms with E-state index in [2.05, 4.69) is 20.6 Å². The summed E-state index contributed by atoms with van der Waals surface area (Å²) in [5.41, 5.74) is 1.96. The van der Waals surface area contributed by atoms with Crippen LogP contribution in [0.2, 0.25) is 0 Å². The number of hydrogen-bond donors (Lipinski definition) is 2. The molecule has 7 heteroatoms. The Balaban J connectivity index is 1.74. The molecule has 0 aliphatic carbocycles. The molecule has 0 fully saturated rings. The monoisotopic (exact) mass is 378 g/mol. The Hall–Kier alpha value is -3.61. The normalized spacial score (nSPS) is 11.4. The molecule has 0 bridgehead atoms. The van der Waals surface area contributed by atoms with Crippen LogP contribution in [0.3, 0.4) is 0 Å². The Morgan fingerprint density at radius 3 is 2.54 bits per heavy atom. The molecule has 3 rings (SSSR count). The highest BCUT2D eigenvalue weighted by atomic mass is 16.5. The lowest BCUT2D eigenvalue weighted by atomic mass is 10.1. The minimum atomic E-state index is -0.275. The molecule has 0 aliphatic rings. The van der Waals surface area contributed by atoms with E-state index in [1.807, 2.05) is 37.3 Å². The molecule has 1 heterocycles. The van der Waals surface area contributed by atoms with E-state index in [4.69, 9.17) is 9.47 Å². The number of nitrogens with one attached hydrogen (secondary N) is 2. The molecule has 7 nitrogen and oxygen atoms in total. The maximum absolute atomic E-state index is 12.6. The second kappa shape index (κ2) is 8.85. The maximum atomic E-state index is 12.6. The van der Waals surface area contributed by atoms with Crippen LogP contribution in [0.1, 0.15) is 29.0 Å². The summed E-state index contributed by atoms with van der Waals surface area (Å²) >= 11 is 0. The maximum Gasteiger partial charge on any atom is 0.270 e. The molecule has 1 amide bonds. The van der Waals surface area contributed by atoms with E-state index in [0.717, 1.165) is 5.56 Å². The van der Waals surface area contributed by atoms with Gasteiger partial charge in [0.1, 0.15) is 17.2 Å². The van der Waals surface area contributed by atoms with E-state index in [0.29, 0.717) is 23.1 Å². The lowest BCUT2D eigenvalue weighted by Gasteiger charge is -2.14. The Morgan fingerprint density at radius 2 is 1.82 bits per heavy atom. The third kappa shape index (κ3) is 4.56. The molecule has 1 atom stereocenters. The van der Waals surface area contributed by atoms with Gasteiger partial charge in [-0.3, -0.25) is 4.79 Å². The Bertz CT molecular complexity index is 947. The molecule has 0 saturated heterocycles. The van der Waals surface area contributed by atoms with Gasteiger partial charge in [0.15, 0.2) is 0 Å². The van der Waals surface area contributed by atoms with E-state index >= 15 is 0 Å². The smallest absolute Gasteiger partial charge is 0.270 e. The zero-order valence-corrected chi connectivity index (χ0v) is 16.0. The predicted octanol–water partition coefficient (Wildman–Crippen LogP) is 3.73. The van der Waals surface area contributed by atoms with Crippen molar-refractivity contribution in [3.05, 3.63) is 72.1 Å². The van der Waals surface area contributed by atoms with Crippen molar-refractivity contribution in [1.29, 1.82) is 0 Å². The summed E-state index contributed by atoms with van der Waals surface area (Å²) < 4.78 is 10.6. The van der Waals surface area contributed by atoms with Gasteiger partial charge in [0.25, 0.3) is 5.91 Å². The highest BCUT2D eigenvalue weighted by Gasteiger charge is 2.14. The number of methoxy groups -OCH3 is 2. The fraction of sp³-hybridized carbons (Fsp3) is 0.190. The van der Waals surface area contributed by atoms with Gasteiger partial charge in [-0.25, -0.2) is 9.97 Å². The van der Waals surface area contributed by atoms with Crippen LogP contribution >= 0.6 is 0 Å². The first-order valence-corrected chi connectivity index (χ1v) is 8.78. The van der Waals surface area contributed by atoms with Crippen LogP contribution in [-0.4, -0.2) is 30.1 Å². The van der Waals surface area contributed by atoms with Crippen molar-refractivity contribution in [3.63, 3.8) is 0 Å². The number of aromatic nitrogens is 2. The summed E-state index contributed by atoms with van der Waals surface area (Å²) in [6, 6.07) is 16.5. The highest BCUT2D eigenvalue weighted by Crippen LogP contribution is 2.30. The van der Waals surface area contributed by atoms with Crippen molar-refractivity contribution in [1.82, 2.24) is 15.3 Å². The minimum absolute atomic E-state index is 0.137. The topological polar surface area (TPSA) is 85.4 Å². The zero-order chi connectivity index (χ0) is 19.9. The molecule has 3 aromatic rings. The van der Waals surface area contributed by atoms with Crippen molar-refractivity contribution in [2.75, 3.05) is 19.5 Å². The van der Waals surface area contributed by atoms with Crippen LogP contribution in [-0.2, 0) is 0 Å². The first-order valence-electron chi connectivity index (χ1n) is 8.78. The van der Waals surface area contributed by atoms with Crippen LogP contribution in [0.5, 0.6) is 11.5 Å². The largest absolute Gasteiger partial charge is 0.497 e. The van der Waals surface area contributed by atoms with Gasteiger partial charge in [0.05, 0.1) is 25.9 Å². The third-order valence-electron chi connectivity index (χ3n) is 4.19. The van der Waals surface area contributed by atoms with Gasteiger partial charge in [-0.2, -0.15) is 0 Å². The Kier molecular flexibility index (Phi) is 6.06. The number of carbonyl (C=O) groups is 1. The van der Waals surface area contributed by atoms with Crippen molar-refractivity contribution < 1.29 is 14.3 Å².